The van der Waals surface area contributed by atoms with Crippen molar-refractivity contribution >= 4 is 41.7 Å². The number of hydrogen-bond acceptors (Lipinski definition) is 3. The molecule has 0 spiro atoms. The fraction of sp³-hybridized carbons (Fsp3) is 0.588. The average molecular weight is 467 g/mol. The molecule has 0 aliphatic carbocycles. The van der Waals surface area contributed by atoms with Crippen LogP contribution in [0.4, 0.5) is 4.39 Å². The summed E-state index contributed by atoms with van der Waals surface area (Å²) in [5, 5.41) is 3.40. The fourth-order valence-electron chi connectivity index (χ4n) is 2.76. The average Bonchev–Trinajstić information content (AvgIpc) is 3.01. The number of guanidine groups is 1. The summed E-state index contributed by atoms with van der Waals surface area (Å²) >= 11 is 1.73. The predicted molar refractivity (Wildman–Crippen MR) is 111 cm³/mol. The highest BCUT2D eigenvalue weighted by atomic mass is 127. The molecule has 1 aliphatic heterocycles. The molecule has 4 nitrogen and oxygen atoms in total. The van der Waals surface area contributed by atoms with Crippen molar-refractivity contribution in [3.8, 4) is 0 Å². The van der Waals surface area contributed by atoms with Crippen molar-refractivity contribution in [1.82, 2.24) is 10.2 Å². The molecule has 0 amide bonds. The van der Waals surface area contributed by atoms with Crippen LogP contribution in [-0.2, 0) is 10.5 Å². The highest BCUT2D eigenvalue weighted by Gasteiger charge is 2.24. The van der Waals surface area contributed by atoms with Crippen LogP contribution in [0.5, 0.6) is 0 Å². The van der Waals surface area contributed by atoms with Crippen LogP contribution in [0.1, 0.15) is 12.0 Å². The summed E-state index contributed by atoms with van der Waals surface area (Å²) in [6.07, 6.45) is 1.15. The first-order valence-electron chi connectivity index (χ1n) is 8.00. The Labute approximate surface area is 165 Å². The van der Waals surface area contributed by atoms with Crippen LogP contribution in [0.15, 0.2) is 29.3 Å². The fourth-order valence-corrected chi connectivity index (χ4v) is 3.61. The van der Waals surface area contributed by atoms with E-state index in [1.807, 2.05) is 19.2 Å². The van der Waals surface area contributed by atoms with Gasteiger partial charge in [0.25, 0.3) is 0 Å². The van der Waals surface area contributed by atoms with Gasteiger partial charge >= 0.3 is 0 Å². The Morgan fingerprint density at radius 3 is 2.96 bits per heavy atom. The third-order valence-corrected chi connectivity index (χ3v) is 4.95. The van der Waals surface area contributed by atoms with Gasteiger partial charge in [0.2, 0.25) is 0 Å². The first-order chi connectivity index (χ1) is 11.2. The van der Waals surface area contributed by atoms with Crippen molar-refractivity contribution in [2.24, 2.45) is 10.9 Å². The second-order valence-corrected chi connectivity index (χ2v) is 6.78. The Balaban J connectivity index is 0.00000288. The summed E-state index contributed by atoms with van der Waals surface area (Å²) in [5.74, 6) is 3.05. The van der Waals surface area contributed by atoms with Crippen molar-refractivity contribution in [3.05, 3.63) is 35.6 Å². The maximum atomic E-state index is 13.5. The third-order valence-electron chi connectivity index (χ3n) is 3.94. The Bertz CT molecular complexity index is 518. The Morgan fingerprint density at radius 1 is 1.46 bits per heavy atom. The molecule has 0 bridgehead atoms. The summed E-state index contributed by atoms with van der Waals surface area (Å²) in [6, 6.07) is 6.96. The molecule has 136 valence electrons. The second-order valence-electron chi connectivity index (χ2n) is 5.67. The monoisotopic (exact) mass is 467 g/mol. The van der Waals surface area contributed by atoms with Gasteiger partial charge in [-0.3, -0.25) is 4.99 Å². The Hall–Kier alpha value is -0.540. The molecule has 1 aromatic rings. The number of thioether (sulfide) groups is 1. The number of rotatable bonds is 7. The van der Waals surface area contributed by atoms with Gasteiger partial charge in [0.15, 0.2) is 5.96 Å². The minimum Gasteiger partial charge on any atom is -0.384 e. The maximum Gasteiger partial charge on any atom is 0.193 e. The van der Waals surface area contributed by atoms with Crippen molar-refractivity contribution in [2.75, 3.05) is 46.2 Å². The number of nitrogens with one attached hydrogen (secondary N) is 1. The van der Waals surface area contributed by atoms with Crippen LogP contribution in [0, 0.1) is 11.7 Å². The molecule has 1 unspecified atom stereocenters. The highest BCUT2D eigenvalue weighted by Crippen LogP contribution is 2.17. The van der Waals surface area contributed by atoms with E-state index < -0.39 is 0 Å². The summed E-state index contributed by atoms with van der Waals surface area (Å²) in [4.78, 5) is 6.64. The van der Waals surface area contributed by atoms with Crippen LogP contribution in [-0.4, -0.2) is 57.0 Å². The number of benzene rings is 1. The van der Waals surface area contributed by atoms with E-state index >= 15 is 0 Å². The lowest BCUT2D eigenvalue weighted by molar-refractivity contribution is 0.157. The Kier molecular flexibility index (Phi) is 10.7. The number of likely N-dealkylation sites (tertiary alicyclic amines) is 1. The number of ether oxygens (including phenoxy) is 1. The third kappa shape index (κ3) is 6.76. The van der Waals surface area contributed by atoms with E-state index in [0.29, 0.717) is 11.7 Å². The molecule has 0 saturated carbocycles. The minimum absolute atomic E-state index is 0. The summed E-state index contributed by atoms with van der Waals surface area (Å²) in [6.45, 7) is 3.66. The summed E-state index contributed by atoms with van der Waals surface area (Å²) < 4.78 is 18.8. The molecule has 2 rings (SSSR count). The van der Waals surface area contributed by atoms with Crippen LogP contribution >= 0.6 is 35.7 Å². The normalized spacial score (nSPS) is 17.7. The van der Waals surface area contributed by atoms with E-state index in [4.69, 9.17) is 4.74 Å². The predicted octanol–water partition coefficient (Wildman–Crippen LogP) is 3.22. The van der Waals surface area contributed by atoms with Crippen molar-refractivity contribution in [3.63, 3.8) is 0 Å². The number of halogens is 2. The van der Waals surface area contributed by atoms with E-state index in [2.05, 4.69) is 15.2 Å². The van der Waals surface area contributed by atoms with Crippen LogP contribution in [0.3, 0.4) is 0 Å². The van der Waals surface area contributed by atoms with Crippen LogP contribution in [0.25, 0.3) is 0 Å². The zero-order chi connectivity index (χ0) is 16.5. The summed E-state index contributed by atoms with van der Waals surface area (Å²) in [7, 11) is 3.57. The first-order valence-corrected chi connectivity index (χ1v) is 9.15. The minimum atomic E-state index is -0.120. The van der Waals surface area contributed by atoms with Gasteiger partial charge in [-0.2, -0.15) is 11.8 Å². The zero-order valence-electron chi connectivity index (χ0n) is 14.3. The molecule has 1 N–H and O–H groups in total. The van der Waals surface area contributed by atoms with E-state index in [0.717, 1.165) is 49.9 Å². The van der Waals surface area contributed by atoms with E-state index in [1.165, 1.54) is 6.07 Å². The van der Waals surface area contributed by atoms with E-state index in [1.54, 1.807) is 24.9 Å². The van der Waals surface area contributed by atoms with Gasteiger partial charge in [-0.05, 0) is 18.1 Å². The number of aliphatic imine (C=N–C) groups is 1. The van der Waals surface area contributed by atoms with Gasteiger partial charge in [-0.1, -0.05) is 18.2 Å². The molecule has 0 radical (unpaired) electrons. The van der Waals surface area contributed by atoms with Crippen molar-refractivity contribution in [1.29, 1.82) is 0 Å². The molecule has 1 atom stereocenters. The Morgan fingerprint density at radius 2 is 2.25 bits per heavy atom. The molecule has 1 heterocycles. The molecule has 0 aromatic heterocycles. The quantitative estimate of drug-likeness (QED) is 0.289. The van der Waals surface area contributed by atoms with Gasteiger partial charge in [0.05, 0.1) is 6.61 Å². The first kappa shape index (κ1) is 21.5. The van der Waals surface area contributed by atoms with Gasteiger partial charge in [0.1, 0.15) is 5.82 Å². The van der Waals surface area contributed by atoms with Crippen molar-refractivity contribution in [2.45, 2.75) is 12.2 Å². The topological polar surface area (TPSA) is 36.9 Å². The van der Waals surface area contributed by atoms with E-state index in [9.17, 15) is 4.39 Å². The smallest absolute Gasteiger partial charge is 0.193 e. The van der Waals surface area contributed by atoms with Gasteiger partial charge in [-0.15, -0.1) is 24.0 Å². The second kappa shape index (κ2) is 11.9. The molecule has 1 aliphatic rings. The molecule has 1 aromatic carbocycles. The lowest BCUT2D eigenvalue weighted by atomic mass is 10.1. The van der Waals surface area contributed by atoms with Crippen molar-refractivity contribution < 1.29 is 9.13 Å². The van der Waals surface area contributed by atoms with Gasteiger partial charge < -0.3 is 15.0 Å². The number of methoxy groups -OCH3 is 1. The largest absolute Gasteiger partial charge is 0.384 e. The van der Waals surface area contributed by atoms with Crippen LogP contribution < -0.4 is 5.32 Å². The molecular weight excluding hydrogens is 440 g/mol. The van der Waals surface area contributed by atoms with Gasteiger partial charge in [-0.25, -0.2) is 4.39 Å². The SMILES string of the molecule is CN=C(NCCSCc1ccccc1F)N1CCC(COC)C1.I. The molecule has 1 saturated heterocycles. The summed E-state index contributed by atoms with van der Waals surface area (Å²) in [5.41, 5.74) is 0.767. The molecule has 1 fully saturated rings. The van der Waals surface area contributed by atoms with E-state index in [-0.39, 0.29) is 29.8 Å². The molecule has 24 heavy (non-hydrogen) atoms. The highest BCUT2D eigenvalue weighted by molar-refractivity contribution is 14.0. The standard InChI is InChI=1S/C17H26FN3OS.HI/c1-19-17(21-9-7-14(11-21)12-22-2)20-8-10-23-13-15-5-3-4-6-16(15)18;/h3-6,14H,7-13H2,1-2H3,(H,19,20);1H. The number of hydrogen-bond donors (Lipinski definition) is 1. The lowest BCUT2D eigenvalue weighted by Gasteiger charge is -2.21. The lowest BCUT2D eigenvalue weighted by Crippen LogP contribution is -2.41. The number of nitrogens with zero attached hydrogens (tertiary/aromatic N) is 2. The zero-order valence-corrected chi connectivity index (χ0v) is 17.5. The molecule has 7 heteroatoms. The molecular formula is C17H27FIN3OS. The maximum absolute atomic E-state index is 13.5. The van der Waals surface area contributed by atoms with Crippen LogP contribution in [0.2, 0.25) is 0 Å². The van der Waals surface area contributed by atoms with Gasteiger partial charge in [0, 0.05) is 51.2 Å².